The van der Waals surface area contributed by atoms with Gasteiger partial charge in [0.1, 0.15) is 0 Å². The molecule has 0 bridgehead atoms. The van der Waals surface area contributed by atoms with Crippen LogP contribution in [-0.4, -0.2) is 35.7 Å². The molecule has 120 valence electrons. The third kappa shape index (κ3) is 6.74. The summed E-state index contributed by atoms with van der Waals surface area (Å²) in [6, 6.07) is 5.80. The molecule has 3 N–H and O–H groups in total. The number of hydrogen-bond donors (Lipinski definition) is 3. The van der Waals surface area contributed by atoms with Crippen LogP contribution in [0, 0.1) is 0 Å². The van der Waals surface area contributed by atoms with E-state index in [9.17, 15) is 14.4 Å². The Balaban J connectivity index is 2.25. The number of carboxylic acid groups (broad SMARTS) is 1. The van der Waals surface area contributed by atoms with Crippen LogP contribution < -0.4 is 10.6 Å². The fourth-order valence-electron chi connectivity index (χ4n) is 1.61. The van der Waals surface area contributed by atoms with E-state index in [1.807, 2.05) is 0 Å². The number of esters is 1. The molecular weight excluding hydrogens is 288 g/mol. The zero-order valence-corrected chi connectivity index (χ0v) is 12.6. The number of benzene rings is 1. The van der Waals surface area contributed by atoms with Crippen molar-refractivity contribution in [2.24, 2.45) is 0 Å². The maximum Gasteiger partial charge on any atom is 0.335 e. The number of hydrogen-bond acceptors (Lipinski definition) is 4. The van der Waals surface area contributed by atoms with Crippen LogP contribution in [0.5, 0.6) is 0 Å². The molecule has 0 aliphatic rings. The zero-order chi connectivity index (χ0) is 16.5. The van der Waals surface area contributed by atoms with Gasteiger partial charge in [-0.1, -0.05) is 12.1 Å². The Morgan fingerprint density at radius 1 is 1.14 bits per heavy atom. The van der Waals surface area contributed by atoms with Crippen molar-refractivity contribution in [3.8, 4) is 0 Å². The molecule has 0 aliphatic heterocycles. The van der Waals surface area contributed by atoms with E-state index in [1.54, 1.807) is 26.0 Å². The Hall–Kier alpha value is -2.57. The summed E-state index contributed by atoms with van der Waals surface area (Å²) >= 11 is 0. The van der Waals surface area contributed by atoms with Crippen LogP contribution in [0.3, 0.4) is 0 Å². The molecule has 0 aromatic heterocycles. The molecule has 0 atom stereocenters. The summed E-state index contributed by atoms with van der Waals surface area (Å²) in [6.07, 6.45) is -0.0612. The Labute approximate surface area is 128 Å². The number of carboxylic acids is 1. The van der Waals surface area contributed by atoms with Crippen molar-refractivity contribution in [2.45, 2.75) is 32.9 Å². The number of aromatic carboxylic acids is 1. The predicted octanol–water partition coefficient (Wildman–Crippen LogP) is 1.53. The zero-order valence-electron chi connectivity index (χ0n) is 12.6. The Bertz CT molecular complexity index is 525. The van der Waals surface area contributed by atoms with Crippen LogP contribution >= 0.6 is 0 Å². The average Bonchev–Trinajstić information content (AvgIpc) is 2.44. The quantitative estimate of drug-likeness (QED) is 0.662. The number of amides is 2. The summed E-state index contributed by atoms with van der Waals surface area (Å²) in [6.45, 7) is 3.97. The molecule has 1 rings (SSSR count). The standard InChI is InChI=1S/C15H20N2O5/c1-10(2)22-13(18)7-8-16-15(21)17-9-11-3-5-12(6-4-11)14(19)20/h3-6,10H,7-9H2,1-2H3,(H,19,20)(H2,16,17,21). The Morgan fingerprint density at radius 2 is 1.77 bits per heavy atom. The van der Waals surface area contributed by atoms with Gasteiger partial charge in [-0.3, -0.25) is 4.79 Å². The van der Waals surface area contributed by atoms with Crippen LogP contribution in [-0.2, 0) is 16.1 Å². The van der Waals surface area contributed by atoms with Gasteiger partial charge < -0.3 is 20.5 Å². The molecule has 0 saturated carbocycles. The Kier molecular flexibility index (Phi) is 6.88. The summed E-state index contributed by atoms with van der Waals surface area (Å²) in [5, 5.41) is 13.9. The molecular formula is C15H20N2O5. The third-order valence-corrected chi connectivity index (χ3v) is 2.64. The topological polar surface area (TPSA) is 105 Å². The van der Waals surface area contributed by atoms with E-state index in [0.717, 1.165) is 5.56 Å². The molecule has 0 unspecified atom stereocenters. The summed E-state index contributed by atoms with van der Waals surface area (Å²) in [4.78, 5) is 33.5. The molecule has 22 heavy (non-hydrogen) atoms. The first kappa shape index (κ1) is 17.5. The van der Waals surface area contributed by atoms with Crippen molar-refractivity contribution in [1.82, 2.24) is 10.6 Å². The monoisotopic (exact) mass is 308 g/mol. The first-order chi connectivity index (χ1) is 10.4. The van der Waals surface area contributed by atoms with Gasteiger partial charge in [0.2, 0.25) is 0 Å². The molecule has 0 radical (unpaired) electrons. The fourth-order valence-corrected chi connectivity index (χ4v) is 1.61. The lowest BCUT2D eigenvalue weighted by Crippen LogP contribution is -2.36. The molecule has 7 heteroatoms. The van der Waals surface area contributed by atoms with Crippen molar-refractivity contribution in [2.75, 3.05) is 6.54 Å². The molecule has 1 aromatic carbocycles. The second-order valence-corrected chi connectivity index (χ2v) is 4.90. The lowest BCUT2D eigenvalue weighted by Gasteiger charge is -2.09. The highest BCUT2D eigenvalue weighted by atomic mass is 16.5. The Morgan fingerprint density at radius 3 is 2.32 bits per heavy atom. The highest BCUT2D eigenvalue weighted by Crippen LogP contribution is 2.04. The van der Waals surface area contributed by atoms with Gasteiger partial charge in [-0.2, -0.15) is 0 Å². The maximum atomic E-state index is 11.5. The minimum absolute atomic E-state index is 0.110. The number of rotatable bonds is 7. The van der Waals surface area contributed by atoms with Gasteiger partial charge in [0.25, 0.3) is 0 Å². The lowest BCUT2D eigenvalue weighted by atomic mass is 10.1. The van der Waals surface area contributed by atoms with E-state index < -0.39 is 12.0 Å². The normalized spacial score (nSPS) is 10.1. The van der Waals surface area contributed by atoms with Crippen LogP contribution in [0.25, 0.3) is 0 Å². The van der Waals surface area contributed by atoms with E-state index >= 15 is 0 Å². The number of ether oxygens (including phenoxy) is 1. The van der Waals surface area contributed by atoms with E-state index in [1.165, 1.54) is 12.1 Å². The smallest absolute Gasteiger partial charge is 0.335 e. The van der Waals surface area contributed by atoms with Crippen molar-refractivity contribution in [3.05, 3.63) is 35.4 Å². The van der Waals surface area contributed by atoms with Gasteiger partial charge in [-0.15, -0.1) is 0 Å². The summed E-state index contributed by atoms with van der Waals surface area (Å²) in [5.74, 6) is -1.36. The first-order valence-corrected chi connectivity index (χ1v) is 6.92. The van der Waals surface area contributed by atoms with Crippen molar-refractivity contribution in [3.63, 3.8) is 0 Å². The first-order valence-electron chi connectivity index (χ1n) is 6.92. The number of carbonyl (C=O) groups excluding carboxylic acids is 2. The predicted molar refractivity (Wildman–Crippen MR) is 79.5 cm³/mol. The van der Waals surface area contributed by atoms with Crippen LogP contribution in [0.15, 0.2) is 24.3 Å². The highest BCUT2D eigenvalue weighted by Gasteiger charge is 2.07. The van der Waals surface area contributed by atoms with Gasteiger partial charge in [0.15, 0.2) is 0 Å². The molecule has 7 nitrogen and oxygen atoms in total. The van der Waals surface area contributed by atoms with Gasteiger partial charge in [0.05, 0.1) is 18.1 Å². The van der Waals surface area contributed by atoms with Crippen molar-refractivity contribution in [1.29, 1.82) is 0 Å². The average molecular weight is 308 g/mol. The van der Waals surface area contributed by atoms with Crippen LogP contribution in [0.4, 0.5) is 4.79 Å². The SMILES string of the molecule is CC(C)OC(=O)CCNC(=O)NCc1ccc(C(=O)O)cc1. The molecule has 1 aromatic rings. The second kappa shape index (κ2) is 8.66. The number of nitrogens with one attached hydrogen (secondary N) is 2. The lowest BCUT2D eigenvalue weighted by molar-refractivity contribution is -0.147. The molecule has 2 amide bonds. The fraction of sp³-hybridized carbons (Fsp3) is 0.400. The summed E-state index contributed by atoms with van der Waals surface area (Å²) in [5.41, 5.74) is 0.969. The second-order valence-electron chi connectivity index (χ2n) is 4.90. The minimum atomic E-state index is -0.995. The number of urea groups is 1. The largest absolute Gasteiger partial charge is 0.478 e. The van der Waals surface area contributed by atoms with E-state index in [2.05, 4.69) is 10.6 Å². The number of carbonyl (C=O) groups is 3. The molecule has 0 saturated heterocycles. The van der Waals surface area contributed by atoms with E-state index in [0.29, 0.717) is 0 Å². The highest BCUT2D eigenvalue weighted by molar-refractivity contribution is 5.87. The van der Waals surface area contributed by atoms with E-state index in [-0.39, 0.29) is 37.1 Å². The maximum absolute atomic E-state index is 11.5. The molecule has 0 fully saturated rings. The third-order valence-electron chi connectivity index (χ3n) is 2.64. The van der Waals surface area contributed by atoms with E-state index in [4.69, 9.17) is 9.84 Å². The van der Waals surface area contributed by atoms with Gasteiger partial charge in [-0.05, 0) is 31.5 Å². The van der Waals surface area contributed by atoms with Crippen LogP contribution in [0.2, 0.25) is 0 Å². The molecule has 0 heterocycles. The van der Waals surface area contributed by atoms with Gasteiger partial charge >= 0.3 is 18.0 Å². The minimum Gasteiger partial charge on any atom is -0.478 e. The van der Waals surface area contributed by atoms with Gasteiger partial charge in [-0.25, -0.2) is 9.59 Å². The molecule has 0 aliphatic carbocycles. The van der Waals surface area contributed by atoms with Crippen molar-refractivity contribution < 1.29 is 24.2 Å². The van der Waals surface area contributed by atoms with Crippen molar-refractivity contribution >= 4 is 18.0 Å². The van der Waals surface area contributed by atoms with Gasteiger partial charge in [0, 0.05) is 13.1 Å². The summed E-state index contributed by atoms with van der Waals surface area (Å²) < 4.78 is 4.93. The van der Waals surface area contributed by atoms with Crippen LogP contribution in [0.1, 0.15) is 36.2 Å². The summed E-state index contributed by atoms with van der Waals surface area (Å²) in [7, 11) is 0. The molecule has 0 spiro atoms.